The molecule has 130 valence electrons. The molecule has 0 spiro atoms. The van der Waals surface area contributed by atoms with Crippen LogP contribution in [0.5, 0.6) is 0 Å². The van der Waals surface area contributed by atoms with Crippen LogP contribution in [0.4, 0.5) is 4.39 Å². The average Bonchev–Trinajstić information content (AvgIpc) is 2.57. The highest BCUT2D eigenvalue weighted by Gasteiger charge is 2.12. The van der Waals surface area contributed by atoms with Crippen molar-refractivity contribution in [3.05, 3.63) is 82.9 Å². The monoisotopic (exact) mass is 343 g/mol. The summed E-state index contributed by atoms with van der Waals surface area (Å²) in [5.74, 6) is -3.44. The van der Waals surface area contributed by atoms with Crippen LogP contribution >= 0.6 is 0 Å². The molecule has 0 aliphatic rings. The van der Waals surface area contributed by atoms with Gasteiger partial charge in [0.2, 0.25) is 5.76 Å². The fourth-order valence-corrected chi connectivity index (χ4v) is 2.32. The molecular formula is C19H18FNO4. The highest BCUT2D eigenvalue weighted by atomic mass is 19.1. The molecule has 2 rings (SSSR count). The number of nitrogens with zero attached hydrogens (tertiary/aromatic N) is 1. The van der Waals surface area contributed by atoms with Crippen LogP contribution in [0.3, 0.4) is 0 Å². The van der Waals surface area contributed by atoms with Gasteiger partial charge in [0.25, 0.3) is 5.91 Å². The molecule has 6 heteroatoms. The van der Waals surface area contributed by atoms with Crippen LogP contribution in [-0.4, -0.2) is 34.0 Å². The first-order valence-corrected chi connectivity index (χ1v) is 7.56. The minimum absolute atomic E-state index is 0.263. The number of carboxylic acid groups (broad SMARTS) is 1. The van der Waals surface area contributed by atoms with Gasteiger partial charge in [0.1, 0.15) is 5.82 Å². The Kier molecular flexibility index (Phi) is 5.89. The molecule has 0 aliphatic heterocycles. The van der Waals surface area contributed by atoms with Crippen LogP contribution in [-0.2, 0) is 22.6 Å². The van der Waals surface area contributed by atoms with E-state index in [9.17, 15) is 14.0 Å². The number of carbonyl (C=O) groups is 2. The van der Waals surface area contributed by atoms with Crippen molar-refractivity contribution < 1.29 is 24.2 Å². The summed E-state index contributed by atoms with van der Waals surface area (Å²) in [5.41, 5.74) is 2.84. The SMILES string of the molecule is CN(Cc1cccc(Cc2ccc(F)cc2)c1)C(=O)/C=C(\O)C(=O)O. The Morgan fingerprint density at radius 2 is 1.68 bits per heavy atom. The summed E-state index contributed by atoms with van der Waals surface area (Å²) in [7, 11) is 1.51. The van der Waals surface area contributed by atoms with Crippen molar-refractivity contribution >= 4 is 11.9 Å². The number of halogens is 1. The van der Waals surface area contributed by atoms with Crippen molar-refractivity contribution in [2.24, 2.45) is 0 Å². The number of likely N-dealkylation sites (N-methyl/N-ethyl adjacent to an activating group) is 1. The van der Waals surface area contributed by atoms with E-state index in [-0.39, 0.29) is 12.4 Å². The van der Waals surface area contributed by atoms with Crippen molar-refractivity contribution in [1.29, 1.82) is 0 Å². The summed E-state index contributed by atoms with van der Waals surface area (Å²) in [6.45, 7) is 0.263. The quantitative estimate of drug-likeness (QED) is 0.624. The third-order valence-electron chi connectivity index (χ3n) is 3.59. The van der Waals surface area contributed by atoms with Crippen LogP contribution in [0.2, 0.25) is 0 Å². The summed E-state index contributed by atoms with van der Waals surface area (Å²) >= 11 is 0. The maximum Gasteiger partial charge on any atom is 0.371 e. The van der Waals surface area contributed by atoms with Crippen molar-refractivity contribution in [2.75, 3.05) is 7.05 Å². The molecule has 25 heavy (non-hydrogen) atoms. The number of aliphatic hydroxyl groups is 1. The minimum atomic E-state index is -1.55. The molecule has 2 aromatic rings. The lowest BCUT2D eigenvalue weighted by Gasteiger charge is -2.16. The third-order valence-corrected chi connectivity index (χ3v) is 3.59. The molecule has 0 fully saturated rings. The molecule has 0 aliphatic carbocycles. The first-order valence-electron chi connectivity index (χ1n) is 7.56. The molecule has 2 N–H and O–H groups in total. The van der Waals surface area contributed by atoms with Crippen LogP contribution in [0.25, 0.3) is 0 Å². The Hall–Kier alpha value is -3.15. The lowest BCUT2D eigenvalue weighted by atomic mass is 10.0. The molecule has 0 unspecified atom stereocenters. The molecule has 1 amide bonds. The lowest BCUT2D eigenvalue weighted by molar-refractivity contribution is -0.136. The van der Waals surface area contributed by atoms with E-state index in [0.29, 0.717) is 12.5 Å². The van der Waals surface area contributed by atoms with Gasteiger partial charge in [-0.25, -0.2) is 9.18 Å². The Morgan fingerprint density at radius 3 is 2.32 bits per heavy atom. The second-order valence-electron chi connectivity index (χ2n) is 5.65. The average molecular weight is 343 g/mol. The predicted octanol–water partition coefficient (Wildman–Crippen LogP) is 2.90. The zero-order chi connectivity index (χ0) is 18.4. The summed E-state index contributed by atoms with van der Waals surface area (Å²) in [4.78, 5) is 23.7. The maximum atomic E-state index is 13.0. The van der Waals surface area contributed by atoms with Crippen molar-refractivity contribution in [2.45, 2.75) is 13.0 Å². The van der Waals surface area contributed by atoms with Gasteiger partial charge in [0, 0.05) is 13.6 Å². The minimum Gasteiger partial charge on any atom is -0.502 e. The molecule has 2 aromatic carbocycles. The zero-order valence-electron chi connectivity index (χ0n) is 13.6. The highest BCUT2D eigenvalue weighted by Crippen LogP contribution is 2.13. The fourth-order valence-electron chi connectivity index (χ4n) is 2.32. The van der Waals surface area contributed by atoms with E-state index in [1.807, 2.05) is 24.3 Å². The van der Waals surface area contributed by atoms with E-state index in [4.69, 9.17) is 10.2 Å². The number of amides is 1. The first-order chi connectivity index (χ1) is 11.8. The zero-order valence-corrected chi connectivity index (χ0v) is 13.6. The van der Waals surface area contributed by atoms with Gasteiger partial charge >= 0.3 is 5.97 Å². The van der Waals surface area contributed by atoms with E-state index in [1.54, 1.807) is 12.1 Å². The van der Waals surface area contributed by atoms with Crippen molar-refractivity contribution in [3.63, 3.8) is 0 Å². The number of carbonyl (C=O) groups excluding carboxylic acids is 1. The van der Waals surface area contributed by atoms with E-state index >= 15 is 0 Å². The van der Waals surface area contributed by atoms with Crippen molar-refractivity contribution in [1.82, 2.24) is 4.90 Å². The third kappa shape index (κ3) is 5.46. The molecule has 0 heterocycles. The lowest BCUT2D eigenvalue weighted by Crippen LogP contribution is -2.25. The number of hydrogen-bond acceptors (Lipinski definition) is 3. The number of hydrogen-bond donors (Lipinski definition) is 2. The van der Waals surface area contributed by atoms with Gasteiger partial charge in [-0.15, -0.1) is 0 Å². The molecule has 0 bridgehead atoms. The second kappa shape index (κ2) is 8.10. The second-order valence-corrected chi connectivity index (χ2v) is 5.65. The van der Waals surface area contributed by atoms with Crippen LogP contribution in [0.15, 0.2) is 60.4 Å². The number of rotatable bonds is 6. The van der Waals surface area contributed by atoms with Gasteiger partial charge in [-0.3, -0.25) is 4.79 Å². The normalized spacial score (nSPS) is 11.2. The number of carboxylic acids is 1. The van der Waals surface area contributed by atoms with Gasteiger partial charge in [-0.1, -0.05) is 36.4 Å². The maximum absolute atomic E-state index is 13.0. The van der Waals surface area contributed by atoms with Gasteiger partial charge in [0.15, 0.2) is 0 Å². The number of benzene rings is 2. The molecule has 0 atom stereocenters. The first kappa shape index (κ1) is 18.2. The Morgan fingerprint density at radius 1 is 1.04 bits per heavy atom. The summed E-state index contributed by atoms with van der Waals surface area (Å²) < 4.78 is 13.0. The van der Waals surface area contributed by atoms with Gasteiger partial charge in [0.05, 0.1) is 6.08 Å². The Labute approximate surface area is 144 Å². The topological polar surface area (TPSA) is 77.8 Å². The largest absolute Gasteiger partial charge is 0.502 e. The van der Waals surface area contributed by atoms with Gasteiger partial charge in [-0.05, 0) is 35.2 Å². The smallest absolute Gasteiger partial charge is 0.371 e. The van der Waals surface area contributed by atoms with Gasteiger partial charge in [-0.2, -0.15) is 0 Å². The van der Waals surface area contributed by atoms with Crippen LogP contribution in [0.1, 0.15) is 16.7 Å². The molecular weight excluding hydrogens is 325 g/mol. The number of aliphatic hydroxyl groups excluding tert-OH is 1. The van der Waals surface area contributed by atoms with Gasteiger partial charge < -0.3 is 15.1 Å². The van der Waals surface area contributed by atoms with E-state index in [1.165, 1.54) is 24.1 Å². The molecule has 0 saturated heterocycles. The predicted molar refractivity (Wildman–Crippen MR) is 90.5 cm³/mol. The molecule has 5 nitrogen and oxygen atoms in total. The fraction of sp³-hybridized carbons (Fsp3) is 0.158. The Bertz CT molecular complexity index is 799. The van der Waals surface area contributed by atoms with Crippen molar-refractivity contribution in [3.8, 4) is 0 Å². The standard InChI is InChI=1S/C19H18FNO4/c1-21(18(23)11-17(22)19(24)25)12-15-4-2-3-14(10-15)9-13-5-7-16(20)8-6-13/h2-8,10-11,22H,9,12H2,1H3,(H,24,25)/b17-11-. The van der Waals surface area contributed by atoms with E-state index in [0.717, 1.165) is 16.7 Å². The summed E-state index contributed by atoms with van der Waals surface area (Å²) in [5, 5.41) is 17.7. The van der Waals surface area contributed by atoms with E-state index < -0.39 is 17.6 Å². The molecule has 0 radical (unpaired) electrons. The summed E-state index contributed by atoms with van der Waals surface area (Å²) in [6.07, 6.45) is 1.30. The highest BCUT2D eigenvalue weighted by molar-refractivity contribution is 5.95. The molecule has 0 saturated carbocycles. The van der Waals surface area contributed by atoms with E-state index in [2.05, 4.69) is 0 Å². The number of aliphatic carboxylic acids is 1. The Balaban J connectivity index is 2.05. The molecule has 0 aromatic heterocycles. The summed E-state index contributed by atoms with van der Waals surface area (Å²) in [6, 6.07) is 13.8. The van der Waals surface area contributed by atoms with Crippen LogP contribution in [0, 0.1) is 5.82 Å². The van der Waals surface area contributed by atoms with Crippen LogP contribution < -0.4 is 0 Å².